The molecule has 2 heterocycles. The number of carbonyl (C=O) groups excluding carboxylic acids is 2. The first-order valence-electron chi connectivity index (χ1n) is 7.70. The van der Waals surface area contributed by atoms with Crippen LogP contribution in [0.2, 0.25) is 0 Å². The van der Waals surface area contributed by atoms with Crippen molar-refractivity contribution in [2.45, 2.75) is 42.5 Å². The smallest absolute Gasteiger partial charge is 0.327 e. The first kappa shape index (κ1) is 17.4. The number of thioether (sulfide) groups is 1. The molecule has 0 aliphatic carbocycles. The number of nitrogens with zero attached hydrogens (tertiary/aromatic N) is 3. The van der Waals surface area contributed by atoms with Crippen LogP contribution in [0.1, 0.15) is 19.4 Å². The van der Waals surface area contributed by atoms with Gasteiger partial charge in [-0.15, -0.1) is 16.7 Å². The molecule has 2 fully saturated rings. The molecule has 132 valence electrons. The van der Waals surface area contributed by atoms with Gasteiger partial charge < -0.3 is 10.0 Å². The fourth-order valence-electron chi connectivity index (χ4n) is 3.32. The minimum Gasteiger partial charge on any atom is -0.480 e. The van der Waals surface area contributed by atoms with Crippen molar-refractivity contribution in [1.29, 1.82) is 0 Å². The second kappa shape index (κ2) is 6.14. The molecule has 0 saturated carbocycles. The van der Waals surface area contributed by atoms with E-state index < -0.39 is 40.0 Å². The van der Waals surface area contributed by atoms with Crippen molar-refractivity contribution in [3.05, 3.63) is 40.8 Å². The number of hydrogen-bond acceptors (Lipinski definition) is 6. The molecular weight excluding hydrogens is 346 g/mol. The zero-order valence-electron chi connectivity index (χ0n) is 13.7. The summed E-state index contributed by atoms with van der Waals surface area (Å²) in [6.45, 7) is 3.45. The summed E-state index contributed by atoms with van der Waals surface area (Å²) in [4.78, 5) is 48.9. The van der Waals surface area contributed by atoms with Crippen LogP contribution in [0.15, 0.2) is 35.6 Å². The van der Waals surface area contributed by atoms with Gasteiger partial charge in [0.2, 0.25) is 0 Å². The predicted octanol–water partition coefficient (Wildman–Crippen LogP) is 1.25. The van der Waals surface area contributed by atoms with Crippen molar-refractivity contribution >= 4 is 29.5 Å². The van der Waals surface area contributed by atoms with Gasteiger partial charge >= 0.3 is 5.97 Å². The van der Waals surface area contributed by atoms with Crippen molar-refractivity contribution < 1.29 is 19.5 Å². The number of amides is 2. The van der Waals surface area contributed by atoms with Crippen LogP contribution in [-0.2, 0) is 20.8 Å². The van der Waals surface area contributed by atoms with Gasteiger partial charge in [0, 0.05) is 4.75 Å². The van der Waals surface area contributed by atoms with Gasteiger partial charge in [0.05, 0.1) is 11.7 Å². The second-order valence-corrected chi connectivity index (χ2v) is 8.30. The summed E-state index contributed by atoms with van der Waals surface area (Å²) in [5.41, 5.74) is 0.701. The standard InChI is InChI=1S/C16H17N3O5S/c1-16(2)12(15(22)23)18-13(21)11(14(18)25-16)19(17-24)10(20)8-9-6-4-3-5-7-9/h3-7,11-12,14H,8H2,1-2H3,(H,22,23)/t11-,12+,14-/m1/s1. The highest BCUT2D eigenvalue weighted by atomic mass is 32.2. The lowest BCUT2D eigenvalue weighted by atomic mass is 9.95. The fourth-order valence-corrected chi connectivity index (χ4v) is 4.99. The summed E-state index contributed by atoms with van der Waals surface area (Å²) >= 11 is 1.26. The number of benzene rings is 1. The monoisotopic (exact) mass is 363 g/mol. The number of rotatable bonds is 5. The molecule has 0 bridgehead atoms. The molecule has 25 heavy (non-hydrogen) atoms. The summed E-state index contributed by atoms with van der Waals surface area (Å²) < 4.78 is -0.724. The SMILES string of the molecule is CC1(C)S[C@@H]2[C@H](N(N=O)C(=O)Cc3ccccc3)C(=O)N2[C@H]1C(=O)O. The highest BCUT2D eigenvalue weighted by Gasteiger charge is 2.66. The molecule has 9 heteroatoms. The molecule has 2 aliphatic heterocycles. The molecule has 0 aromatic heterocycles. The Kier molecular flexibility index (Phi) is 4.28. The Hall–Kier alpha value is -2.42. The van der Waals surface area contributed by atoms with E-state index in [2.05, 4.69) is 5.29 Å². The number of aliphatic carboxylic acids is 1. The van der Waals surface area contributed by atoms with E-state index in [1.54, 1.807) is 44.2 Å². The maximum Gasteiger partial charge on any atom is 0.327 e. The van der Waals surface area contributed by atoms with Crippen LogP contribution in [0.5, 0.6) is 0 Å². The zero-order valence-corrected chi connectivity index (χ0v) is 14.5. The van der Waals surface area contributed by atoms with Crippen LogP contribution in [0.25, 0.3) is 0 Å². The maximum absolute atomic E-state index is 12.5. The van der Waals surface area contributed by atoms with E-state index in [0.29, 0.717) is 10.6 Å². The zero-order chi connectivity index (χ0) is 18.4. The van der Waals surface area contributed by atoms with Gasteiger partial charge in [-0.1, -0.05) is 30.3 Å². The van der Waals surface area contributed by atoms with E-state index in [1.807, 2.05) is 0 Å². The third-order valence-electron chi connectivity index (χ3n) is 4.45. The quantitative estimate of drug-likeness (QED) is 0.479. The molecule has 2 aliphatic rings. The average Bonchev–Trinajstić information content (AvgIpc) is 2.81. The molecule has 3 atom stereocenters. The van der Waals surface area contributed by atoms with Crippen molar-refractivity contribution in [3.8, 4) is 0 Å². The van der Waals surface area contributed by atoms with E-state index in [0.717, 1.165) is 0 Å². The van der Waals surface area contributed by atoms with Crippen LogP contribution in [-0.4, -0.2) is 55.0 Å². The van der Waals surface area contributed by atoms with E-state index in [1.165, 1.54) is 16.7 Å². The molecule has 1 aromatic carbocycles. The van der Waals surface area contributed by atoms with Gasteiger partial charge in [-0.25, -0.2) is 4.79 Å². The lowest BCUT2D eigenvalue weighted by Crippen LogP contribution is -2.70. The summed E-state index contributed by atoms with van der Waals surface area (Å²) in [5.74, 6) is -2.25. The Balaban J connectivity index is 1.79. The van der Waals surface area contributed by atoms with Gasteiger partial charge in [0.25, 0.3) is 11.8 Å². The largest absolute Gasteiger partial charge is 0.480 e. The molecule has 8 nitrogen and oxygen atoms in total. The van der Waals surface area contributed by atoms with E-state index in [9.17, 15) is 24.4 Å². The molecule has 3 rings (SSSR count). The van der Waals surface area contributed by atoms with Crippen LogP contribution in [0.3, 0.4) is 0 Å². The van der Waals surface area contributed by atoms with Crippen molar-refractivity contribution in [3.63, 3.8) is 0 Å². The molecule has 2 amide bonds. The first-order chi connectivity index (χ1) is 11.8. The lowest BCUT2D eigenvalue weighted by Gasteiger charge is -2.45. The van der Waals surface area contributed by atoms with E-state index in [4.69, 9.17) is 0 Å². The molecule has 0 radical (unpaired) electrons. The first-order valence-corrected chi connectivity index (χ1v) is 8.58. The van der Waals surface area contributed by atoms with Gasteiger partial charge in [0.1, 0.15) is 11.4 Å². The Morgan fingerprint density at radius 1 is 1.32 bits per heavy atom. The van der Waals surface area contributed by atoms with E-state index in [-0.39, 0.29) is 6.42 Å². The third-order valence-corrected chi connectivity index (χ3v) is 6.01. The third kappa shape index (κ3) is 2.78. The van der Waals surface area contributed by atoms with Crippen molar-refractivity contribution in [2.24, 2.45) is 5.29 Å². The minimum atomic E-state index is -1.10. The molecule has 1 N–H and O–H groups in total. The average molecular weight is 363 g/mol. The Labute approximate surface area is 148 Å². The summed E-state index contributed by atoms with van der Waals surface area (Å²) in [6.07, 6.45) is -0.0561. The number of carboxylic acids is 1. The topological polar surface area (TPSA) is 107 Å². The Morgan fingerprint density at radius 3 is 2.52 bits per heavy atom. The maximum atomic E-state index is 12.5. The Morgan fingerprint density at radius 2 is 1.96 bits per heavy atom. The van der Waals surface area contributed by atoms with E-state index >= 15 is 0 Å². The highest BCUT2D eigenvalue weighted by molar-refractivity contribution is 8.01. The van der Waals surface area contributed by atoms with Crippen molar-refractivity contribution in [2.75, 3.05) is 0 Å². The predicted molar refractivity (Wildman–Crippen MR) is 90.3 cm³/mol. The number of β-lactam (4-membered cyclic amide) rings is 1. The second-order valence-electron chi connectivity index (χ2n) is 6.53. The van der Waals surface area contributed by atoms with Crippen LogP contribution in [0, 0.1) is 4.91 Å². The van der Waals surface area contributed by atoms with Gasteiger partial charge in [-0.2, -0.15) is 5.01 Å². The van der Waals surface area contributed by atoms with Crippen molar-refractivity contribution in [1.82, 2.24) is 9.91 Å². The van der Waals surface area contributed by atoms with Gasteiger partial charge in [-0.3, -0.25) is 9.59 Å². The Bertz CT molecular complexity index is 739. The summed E-state index contributed by atoms with van der Waals surface area (Å²) in [5, 5.41) is 12.2. The van der Waals surface area contributed by atoms with Gasteiger partial charge in [-0.05, 0) is 19.4 Å². The summed E-state index contributed by atoms with van der Waals surface area (Å²) in [7, 11) is 0. The lowest BCUT2D eigenvalue weighted by molar-refractivity contribution is -0.168. The molecule has 0 unspecified atom stereocenters. The number of carbonyl (C=O) groups is 3. The fraction of sp³-hybridized carbons (Fsp3) is 0.438. The van der Waals surface area contributed by atoms with Crippen LogP contribution < -0.4 is 0 Å². The molecule has 2 saturated heterocycles. The van der Waals surface area contributed by atoms with Crippen LogP contribution in [0.4, 0.5) is 0 Å². The van der Waals surface area contributed by atoms with Gasteiger partial charge in [0.15, 0.2) is 6.04 Å². The number of fused-ring (bicyclic) bond motifs is 1. The van der Waals surface area contributed by atoms with Crippen LogP contribution >= 0.6 is 11.8 Å². The number of nitroso groups, excluding NO2 is 1. The summed E-state index contributed by atoms with van der Waals surface area (Å²) in [6, 6.07) is 6.77. The normalized spacial score (nSPS) is 26.6. The number of carboxylic acid groups (broad SMARTS) is 1. The molecule has 0 spiro atoms. The molecule has 1 aromatic rings. The highest BCUT2D eigenvalue weighted by Crippen LogP contribution is 2.52. The molecular formula is C16H17N3O5S. The minimum absolute atomic E-state index is 0.0561. The number of hydrogen-bond donors (Lipinski definition) is 1.